The third-order valence-electron chi connectivity index (χ3n) is 4.22. The molecule has 4 nitrogen and oxygen atoms in total. The molecule has 8 heteroatoms. The van der Waals surface area contributed by atoms with Gasteiger partial charge in [-0.3, -0.25) is 4.57 Å². The van der Waals surface area contributed by atoms with Crippen molar-refractivity contribution in [3.8, 4) is 5.69 Å². The molecular weight excluding hydrogens is 350 g/mol. The molecule has 1 aliphatic rings. The van der Waals surface area contributed by atoms with Gasteiger partial charge in [0, 0.05) is 12.4 Å². The predicted molar refractivity (Wildman–Crippen MR) is 85.5 cm³/mol. The summed E-state index contributed by atoms with van der Waals surface area (Å²) in [6.07, 6.45) is -1.58. The number of halogens is 4. The third kappa shape index (κ3) is 2.54. The van der Waals surface area contributed by atoms with E-state index < -0.39 is 17.6 Å². The van der Waals surface area contributed by atoms with Gasteiger partial charge in [0.25, 0.3) is 0 Å². The number of fused-ring (bicyclic) bond motifs is 3. The lowest BCUT2D eigenvalue weighted by Gasteiger charge is -2.14. The molecule has 1 aromatic heterocycles. The monoisotopic (exact) mass is 361 g/mol. The lowest BCUT2D eigenvalue weighted by atomic mass is 9.97. The normalized spacial score (nSPS) is 14.0. The van der Waals surface area contributed by atoms with Gasteiger partial charge >= 0.3 is 6.18 Å². The summed E-state index contributed by atoms with van der Waals surface area (Å²) in [5, 5.41) is 12.7. The van der Waals surface area contributed by atoms with Crippen molar-refractivity contribution >= 4 is 5.71 Å². The Balaban J connectivity index is 2.06. The molecule has 1 aliphatic heterocycles. The van der Waals surface area contributed by atoms with E-state index >= 15 is 0 Å². The van der Waals surface area contributed by atoms with Gasteiger partial charge < -0.3 is 5.21 Å². The molecule has 26 heavy (non-hydrogen) atoms. The Bertz CT molecular complexity index is 1040. The summed E-state index contributed by atoms with van der Waals surface area (Å²) in [7, 11) is 0. The topological polar surface area (TPSA) is 43.9 Å². The van der Waals surface area contributed by atoms with E-state index in [-0.39, 0.29) is 23.4 Å². The second kappa shape index (κ2) is 5.69. The van der Waals surface area contributed by atoms with Gasteiger partial charge in [-0.1, -0.05) is 12.1 Å². The smallest absolute Gasteiger partial charge is 0.416 e. The van der Waals surface area contributed by atoms with Gasteiger partial charge in [0.15, 0.2) is 5.82 Å². The first-order valence-corrected chi connectivity index (χ1v) is 7.67. The summed E-state index contributed by atoms with van der Waals surface area (Å²) in [4.78, 5) is 4.08. The van der Waals surface area contributed by atoms with Crippen LogP contribution in [0.1, 0.15) is 22.5 Å². The Hall–Kier alpha value is -3.16. The minimum absolute atomic E-state index is 0.00308. The molecule has 0 unspecified atom stereocenters. The van der Waals surface area contributed by atoms with Crippen LogP contribution in [0.2, 0.25) is 0 Å². The molecule has 0 fully saturated rings. The number of benzene rings is 2. The van der Waals surface area contributed by atoms with Gasteiger partial charge in [-0.25, -0.2) is 9.37 Å². The number of aromatic nitrogens is 2. The molecule has 2 heterocycles. The van der Waals surface area contributed by atoms with E-state index in [4.69, 9.17) is 0 Å². The fourth-order valence-electron chi connectivity index (χ4n) is 3.06. The van der Waals surface area contributed by atoms with Gasteiger partial charge in [-0.2, -0.15) is 17.9 Å². The van der Waals surface area contributed by atoms with Gasteiger partial charge in [0.05, 0.1) is 22.4 Å². The first-order chi connectivity index (χ1) is 12.4. The zero-order valence-corrected chi connectivity index (χ0v) is 13.2. The summed E-state index contributed by atoms with van der Waals surface area (Å²) in [5.41, 5.74) is -0.802. The number of alkyl halides is 3. The van der Waals surface area contributed by atoms with E-state index in [0.29, 0.717) is 16.3 Å². The minimum Gasteiger partial charge on any atom is -0.623 e. The quantitative estimate of drug-likeness (QED) is 0.375. The molecule has 0 saturated carbocycles. The lowest BCUT2D eigenvalue weighted by molar-refractivity contribution is -0.475. The molecule has 0 amide bonds. The highest BCUT2D eigenvalue weighted by Gasteiger charge is 2.35. The Kier molecular flexibility index (Phi) is 3.57. The van der Waals surface area contributed by atoms with Crippen LogP contribution in [0.3, 0.4) is 0 Å². The molecule has 0 bridgehead atoms. The summed E-state index contributed by atoms with van der Waals surface area (Å²) < 4.78 is 56.0. The summed E-state index contributed by atoms with van der Waals surface area (Å²) in [6.45, 7) is -0.216. The zero-order valence-electron chi connectivity index (χ0n) is 13.2. The van der Waals surface area contributed by atoms with Crippen LogP contribution in [-0.2, 0) is 12.7 Å². The number of nitrogens with zero attached hydrogens (tertiary/aromatic N) is 3. The molecule has 3 aromatic rings. The van der Waals surface area contributed by atoms with Crippen molar-refractivity contribution in [1.82, 2.24) is 9.55 Å². The van der Waals surface area contributed by atoms with Crippen LogP contribution in [0, 0.1) is 11.0 Å². The second-order valence-electron chi connectivity index (χ2n) is 5.81. The largest absolute Gasteiger partial charge is 0.623 e. The Morgan fingerprint density at radius 3 is 2.58 bits per heavy atom. The van der Waals surface area contributed by atoms with Gasteiger partial charge in [0.2, 0.25) is 12.3 Å². The summed E-state index contributed by atoms with van der Waals surface area (Å²) >= 11 is 0. The molecule has 0 N–H and O–H groups in total. The van der Waals surface area contributed by atoms with Crippen LogP contribution in [0.25, 0.3) is 5.69 Å². The van der Waals surface area contributed by atoms with E-state index in [0.717, 1.165) is 18.2 Å². The average molecular weight is 361 g/mol. The summed E-state index contributed by atoms with van der Waals surface area (Å²) in [6, 6.07) is 8.57. The molecule has 4 rings (SSSR count). The standard InChI is InChI=1S/C18H11F4N3O/c19-14-4-2-1-3-12(14)17-13-9-11(18(20,21)22)5-6-15(13)24-8-7-23-16(24)10-25(17)26/h1-9H,10H2. The van der Waals surface area contributed by atoms with Crippen molar-refractivity contribution in [3.05, 3.63) is 88.4 Å². The molecule has 0 radical (unpaired) electrons. The summed E-state index contributed by atoms with van der Waals surface area (Å²) in [5.74, 6) is -0.335. The number of hydrogen-bond acceptors (Lipinski definition) is 2. The van der Waals surface area contributed by atoms with E-state index in [2.05, 4.69) is 4.98 Å². The molecule has 0 spiro atoms. The van der Waals surface area contributed by atoms with E-state index in [1.807, 2.05) is 0 Å². The Labute approximate surface area is 145 Å². The van der Waals surface area contributed by atoms with Crippen LogP contribution in [-0.4, -0.2) is 20.0 Å². The first kappa shape index (κ1) is 16.3. The van der Waals surface area contributed by atoms with Crippen LogP contribution < -0.4 is 0 Å². The van der Waals surface area contributed by atoms with Crippen molar-refractivity contribution in [2.24, 2.45) is 0 Å². The maximum Gasteiger partial charge on any atom is 0.416 e. The highest BCUT2D eigenvalue weighted by molar-refractivity contribution is 6.12. The zero-order chi connectivity index (χ0) is 18.5. The molecule has 0 atom stereocenters. The molecule has 2 aromatic carbocycles. The third-order valence-corrected chi connectivity index (χ3v) is 4.22. The number of imidazole rings is 1. The Morgan fingerprint density at radius 2 is 1.85 bits per heavy atom. The van der Waals surface area contributed by atoms with Gasteiger partial charge in [0.1, 0.15) is 5.82 Å². The predicted octanol–water partition coefficient (Wildman–Crippen LogP) is 3.89. The van der Waals surface area contributed by atoms with Gasteiger partial charge in [-0.05, 0) is 30.3 Å². The highest BCUT2D eigenvalue weighted by Crippen LogP contribution is 2.33. The number of hydroxylamine groups is 1. The molecule has 132 valence electrons. The van der Waals surface area contributed by atoms with Crippen molar-refractivity contribution in [3.63, 3.8) is 0 Å². The maximum atomic E-state index is 14.3. The average Bonchev–Trinajstić information content (AvgIpc) is 2.99. The first-order valence-electron chi connectivity index (χ1n) is 7.67. The lowest BCUT2D eigenvalue weighted by Crippen LogP contribution is -2.20. The molecular formula is C18H11F4N3O. The number of rotatable bonds is 1. The van der Waals surface area contributed by atoms with Crippen molar-refractivity contribution in [2.45, 2.75) is 12.7 Å². The van der Waals surface area contributed by atoms with Crippen LogP contribution in [0.5, 0.6) is 0 Å². The van der Waals surface area contributed by atoms with Gasteiger partial charge in [-0.15, -0.1) is 0 Å². The van der Waals surface area contributed by atoms with Crippen LogP contribution in [0.4, 0.5) is 17.6 Å². The fraction of sp³-hybridized carbons (Fsp3) is 0.111. The van der Waals surface area contributed by atoms with Crippen LogP contribution in [0.15, 0.2) is 54.9 Å². The maximum absolute atomic E-state index is 14.3. The van der Waals surface area contributed by atoms with E-state index in [1.54, 1.807) is 6.20 Å². The SMILES string of the molecule is [O-][N+]1=C(c2ccccc2F)c2cc(C(F)(F)F)ccc2-n2ccnc2C1. The molecule has 0 saturated heterocycles. The second-order valence-corrected chi connectivity index (χ2v) is 5.81. The van der Waals surface area contributed by atoms with E-state index in [1.165, 1.54) is 35.0 Å². The minimum atomic E-state index is -4.59. The highest BCUT2D eigenvalue weighted by atomic mass is 19.4. The fourth-order valence-corrected chi connectivity index (χ4v) is 3.06. The number of hydrogen-bond donors (Lipinski definition) is 0. The van der Waals surface area contributed by atoms with Crippen molar-refractivity contribution < 1.29 is 22.3 Å². The van der Waals surface area contributed by atoms with Crippen molar-refractivity contribution in [1.29, 1.82) is 0 Å². The Morgan fingerprint density at radius 1 is 1.08 bits per heavy atom. The van der Waals surface area contributed by atoms with Crippen molar-refractivity contribution in [2.75, 3.05) is 0 Å². The van der Waals surface area contributed by atoms with E-state index in [9.17, 15) is 22.8 Å². The van der Waals surface area contributed by atoms with Crippen LogP contribution >= 0.6 is 0 Å². The molecule has 0 aliphatic carbocycles.